The third-order valence-electron chi connectivity index (χ3n) is 3.64. The Balaban J connectivity index is 2.07. The predicted molar refractivity (Wildman–Crippen MR) is 87.4 cm³/mol. The average Bonchev–Trinajstić information content (AvgIpc) is 3.23. The molecule has 0 radical (unpaired) electrons. The minimum absolute atomic E-state index is 0.570. The minimum atomic E-state index is 0.570. The molecular weight excluding hydrogens is 330 g/mol. The molecule has 0 aliphatic heterocycles. The Kier molecular flexibility index (Phi) is 3.97. The normalized spacial score (nSPS) is 14.5. The Morgan fingerprint density at radius 1 is 1.38 bits per heavy atom. The molecule has 0 unspecified atom stereocenters. The molecule has 6 heteroatoms. The van der Waals surface area contributed by atoms with Gasteiger partial charge >= 0.3 is 0 Å². The van der Waals surface area contributed by atoms with E-state index < -0.39 is 0 Å². The number of halogens is 1. The number of aromatic nitrogens is 4. The van der Waals surface area contributed by atoms with Crippen molar-refractivity contribution >= 4 is 21.7 Å². The SMILES string of the molecule is CCCNc1nc(-c2cn(C)nc2C)nc(C2CC2)c1Br. The zero-order valence-electron chi connectivity index (χ0n) is 12.6. The summed E-state index contributed by atoms with van der Waals surface area (Å²) in [6, 6.07) is 0. The number of hydrogen-bond donors (Lipinski definition) is 1. The van der Waals surface area contributed by atoms with E-state index in [9.17, 15) is 0 Å². The highest BCUT2D eigenvalue weighted by Gasteiger charge is 2.30. The molecule has 0 amide bonds. The van der Waals surface area contributed by atoms with Crippen LogP contribution in [0.2, 0.25) is 0 Å². The monoisotopic (exact) mass is 349 g/mol. The highest BCUT2D eigenvalue weighted by atomic mass is 79.9. The molecule has 1 aliphatic carbocycles. The Morgan fingerprint density at radius 2 is 2.14 bits per heavy atom. The van der Waals surface area contributed by atoms with Crippen LogP contribution in [-0.4, -0.2) is 26.3 Å². The number of hydrogen-bond acceptors (Lipinski definition) is 4. The van der Waals surface area contributed by atoms with Gasteiger partial charge in [-0.15, -0.1) is 0 Å². The molecule has 1 saturated carbocycles. The van der Waals surface area contributed by atoms with Crippen LogP contribution in [-0.2, 0) is 7.05 Å². The lowest BCUT2D eigenvalue weighted by molar-refractivity contribution is 0.756. The van der Waals surface area contributed by atoms with Gasteiger partial charge in [0.15, 0.2) is 5.82 Å². The van der Waals surface area contributed by atoms with Gasteiger partial charge in [-0.1, -0.05) is 6.92 Å². The van der Waals surface area contributed by atoms with Gasteiger partial charge in [0.25, 0.3) is 0 Å². The van der Waals surface area contributed by atoms with Crippen LogP contribution in [0.1, 0.15) is 43.5 Å². The number of aryl methyl sites for hydroxylation is 2. The van der Waals surface area contributed by atoms with E-state index in [0.29, 0.717) is 5.92 Å². The molecule has 0 spiro atoms. The third-order valence-corrected chi connectivity index (χ3v) is 4.42. The summed E-state index contributed by atoms with van der Waals surface area (Å²) < 4.78 is 2.83. The minimum Gasteiger partial charge on any atom is -0.369 e. The molecule has 5 nitrogen and oxygen atoms in total. The smallest absolute Gasteiger partial charge is 0.165 e. The Hall–Kier alpha value is -1.43. The first-order valence-corrected chi connectivity index (χ1v) is 8.21. The van der Waals surface area contributed by atoms with Gasteiger partial charge in [-0.2, -0.15) is 5.10 Å². The second-order valence-electron chi connectivity index (χ2n) is 5.60. The van der Waals surface area contributed by atoms with Gasteiger partial charge in [-0.05, 0) is 42.1 Å². The van der Waals surface area contributed by atoms with E-state index in [2.05, 4.69) is 33.3 Å². The molecule has 1 aliphatic rings. The topological polar surface area (TPSA) is 55.6 Å². The maximum atomic E-state index is 4.80. The van der Waals surface area contributed by atoms with Crippen molar-refractivity contribution in [2.75, 3.05) is 11.9 Å². The molecule has 2 aromatic heterocycles. The van der Waals surface area contributed by atoms with Gasteiger partial charge in [0.2, 0.25) is 0 Å². The Bertz CT molecular complexity index is 660. The lowest BCUT2D eigenvalue weighted by Gasteiger charge is -2.12. The van der Waals surface area contributed by atoms with Crippen molar-refractivity contribution in [2.45, 2.75) is 39.0 Å². The van der Waals surface area contributed by atoms with Gasteiger partial charge in [-0.3, -0.25) is 4.68 Å². The van der Waals surface area contributed by atoms with Crippen LogP contribution in [0.3, 0.4) is 0 Å². The number of nitrogens with zero attached hydrogens (tertiary/aromatic N) is 4. The van der Waals surface area contributed by atoms with Crippen molar-refractivity contribution in [3.63, 3.8) is 0 Å². The van der Waals surface area contributed by atoms with Crippen molar-refractivity contribution in [1.82, 2.24) is 19.7 Å². The highest BCUT2D eigenvalue weighted by Crippen LogP contribution is 2.44. The fourth-order valence-electron chi connectivity index (χ4n) is 2.39. The Labute approximate surface area is 133 Å². The summed E-state index contributed by atoms with van der Waals surface area (Å²) in [5, 5.41) is 7.79. The fourth-order valence-corrected chi connectivity index (χ4v) is 3.03. The van der Waals surface area contributed by atoms with E-state index in [4.69, 9.17) is 9.97 Å². The molecule has 0 atom stereocenters. The van der Waals surface area contributed by atoms with Crippen LogP contribution in [0, 0.1) is 6.92 Å². The van der Waals surface area contributed by atoms with Crippen LogP contribution < -0.4 is 5.32 Å². The van der Waals surface area contributed by atoms with E-state index >= 15 is 0 Å². The summed E-state index contributed by atoms with van der Waals surface area (Å²) in [4.78, 5) is 9.50. The van der Waals surface area contributed by atoms with Crippen LogP contribution in [0.4, 0.5) is 5.82 Å². The maximum absolute atomic E-state index is 4.80. The van der Waals surface area contributed by atoms with Gasteiger partial charge < -0.3 is 5.32 Å². The zero-order valence-corrected chi connectivity index (χ0v) is 14.2. The number of anilines is 1. The van der Waals surface area contributed by atoms with E-state index in [-0.39, 0.29) is 0 Å². The number of nitrogens with one attached hydrogen (secondary N) is 1. The summed E-state index contributed by atoms with van der Waals surface area (Å²) in [6.07, 6.45) is 5.48. The summed E-state index contributed by atoms with van der Waals surface area (Å²) >= 11 is 3.67. The quantitative estimate of drug-likeness (QED) is 0.894. The van der Waals surface area contributed by atoms with Crippen LogP contribution >= 0.6 is 15.9 Å². The fraction of sp³-hybridized carbons (Fsp3) is 0.533. The van der Waals surface area contributed by atoms with Crippen molar-refractivity contribution < 1.29 is 0 Å². The van der Waals surface area contributed by atoms with E-state index in [1.807, 2.05) is 24.9 Å². The second-order valence-corrected chi connectivity index (χ2v) is 6.39. The molecule has 0 aromatic carbocycles. The van der Waals surface area contributed by atoms with Crippen molar-refractivity contribution in [3.05, 3.63) is 22.1 Å². The number of rotatable bonds is 5. The summed E-state index contributed by atoms with van der Waals surface area (Å²) in [7, 11) is 1.92. The molecule has 3 rings (SSSR count). The van der Waals surface area contributed by atoms with Gasteiger partial charge in [-0.25, -0.2) is 9.97 Å². The highest BCUT2D eigenvalue weighted by molar-refractivity contribution is 9.10. The maximum Gasteiger partial charge on any atom is 0.165 e. The van der Waals surface area contributed by atoms with Crippen LogP contribution in [0.15, 0.2) is 10.7 Å². The van der Waals surface area contributed by atoms with E-state index in [0.717, 1.165) is 46.0 Å². The van der Waals surface area contributed by atoms with Crippen molar-refractivity contribution in [2.24, 2.45) is 7.05 Å². The Morgan fingerprint density at radius 3 is 2.71 bits per heavy atom. The van der Waals surface area contributed by atoms with E-state index in [1.165, 1.54) is 12.8 Å². The average molecular weight is 350 g/mol. The molecule has 21 heavy (non-hydrogen) atoms. The predicted octanol–water partition coefficient (Wildman–Crippen LogP) is 3.65. The summed E-state index contributed by atoms with van der Waals surface area (Å²) in [6.45, 7) is 5.05. The molecule has 0 bridgehead atoms. The van der Waals surface area contributed by atoms with Gasteiger partial charge in [0, 0.05) is 25.7 Å². The van der Waals surface area contributed by atoms with Crippen LogP contribution in [0.5, 0.6) is 0 Å². The molecule has 2 aromatic rings. The molecule has 2 heterocycles. The first kappa shape index (κ1) is 14.5. The summed E-state index contributed by atoms with van der Waals surface area (Å²) in [5.41, 5.74) is 3.09. The van der Waals surface area contributed by atoms with Crippen LogP contribution in [0.25, 0.3) is 11.4 Å². The summed E-state index contributed by atoms with van der Waals surface area (Å²) in [5.74, 6) is 2.23. The lowest BCUT2D eigenvalue weighted by Crippen LogP contribution is -2.07. The van der Waals surface area contributed by atoms with E-state index in [1.54, 1.807) is 0 Å². The standard InChI is InChI=1S/C15H20BrN5/c1-4-7-17-15-12(16)13(10-5-6-10)18-14(19-15)11-8-21(3)20-9(11)2/h8,10H,4-7H2,1-3H3,(H,17,18,19). The van der Waals surface area contributed by atoms with Crippen molar-refractivity contribution in [3.8, 4) is 11.4 Å². The first-order chi connectivity index (χ1) is 10.1. The van der Waals surface area contributed by atoms with Crippen molar-refractivity contribution in [1.29, 1.82) is 0 Å². The molecule has 1 N–H and O–H groups in total. The second kappa shape index (κ2) is 5.75. The molecule has 112 valence electrons. The van der Waals surface area contributed by atoms with Gasteiger partial charge in [0.05, 0.1) is 21.4 Å². The third kappa shape index (κ3) is 2.95. The largest absolute Gasteiger partial charge is 0.369 e. The molecule has 1 fully saturated rings. The molecule has 0 saturated heterocycles. The lowest BCUT2D eigenvalue weighted by atomic mass is 10.2. The first-order valence-electron chi connectivity index (χ1n) is 7.42. The zero-order chi connectivity index (χ0) is 15.0. The van der Waals surface area contributed by atoms with Gasteiger partial charge in [0.1, 0.15) is 5.82 Å². The molecular formula is C15H20BrN5.